The molecule has 1 aromatic carbocycles. The molecule has 1 N–H and O–H groups in total. The van der Waals surface area contributed by atoms with Crippen molar-refractivity contribution in [2.75, 3.05) is 6.54 Å². The van der Waals surface area contributed by atoms with E-state index in [-0.39, 0.29) is 11.9 Å². The maximum atomic E-state index is 13.3. The molecule has 0 fully saturated rings. The number of benzene rings is 1. The van der Waals surface area contributed by atoms with Crippen molar-refractivity contribution in [1.82, 2.24) is 10.3 Å². The van der Waals surface area contributed by atoms with E-state index >= 15 is 0 Å². The topological polar surface area (TPSA) is 24.9 Å². The van der Waals surface area contributed by atoms with Crippen LogP contribution in [-0.2, 0) is 0 Å². The van der Waals surface area contributed by atoms with Crippen molar-refractivity contribution < 1.29 is 4.39 Å². The lowest BCUT2D eigenvalue weighted by Crippen LogP contribution is -2.23. The van der Waals surface area contributed by atoms with E-state index in [1.165, 1.54) is 6.07 Å². The quantitative estimate of drug-likeness (QED) is 0.918. The molecule has 4 heteroatoms. The molecular weight excluding hydrogens is 263 g/mol. The third-order valence-corrected chi connectivity index (χ3v) is 3.19. The molecular formula is C15H16ClFN2. The van der Waals surface area contributed by atoms with E-state index in [0.717, 1.165) is 17.8 Å². The van der Waals surface area contributed by atoms with E-state index in [4.69, 9.17) is 11.6 Å². The van der Waals surface area contributed by atoms with E-state index in [1.54, 1.807) is 19.2 Å². The number of nitrogens with zero attached hydrogens (tertiary/aromatic N) is 1. The van der Waals surface area contributed by atoms with Gasteiger partial charge in [0.15, 0.2) is 0 Å². The van der Waals surface area contributed by atoms with Crippen LogP contribution in [0.25, 0.3) is 0 Å². The Kier molecular flexibility index (Phi) is 4.51. The standard InChI is InChI=1S/C15H16ClFN2/c1-3-18-15(14-7-5-12(16)9-19-14)11-4-6-13(17)10(2)8-11/h4-9,15,18H,3H2,1-2H3. The van der Waals surface area contributed by atoms with Crippen LogP contribution in [0.1, 0.15) is 29.8 Å². The van der Waals surface area contributed by atoms with Crippen LogP contribution in [-0.4, -0.2) is 11.5 Å². The third-order valence-electron chi connectivity index (χ3n) is 2.97. The number of hydrogen-bond acceptors (Lipinski definition) is 2. The van der Waals surface area contributed by atoms with Gasteiger partial charge in [-0.05, 0) is 42.8 Å². The van der Waals surface area contributed by atoms with Crippen LogP contribution in [0.3, 0.4) is 0 Å². The summed E-state index contributed by atoms with van der Waals surface area (Å²) in [6, 6.07) is 8.76. The van der Waals surface area contributed by atoms with Gasteiger partial charge in [0.05, 0.1) is 16.8 Å². The van der Waals surface area contributed by atoms with Gasteiger partial charge in [0, 0.05) is 6.20 Å². The molecule has 0 amide bonds. The minimum Gasteiger partial charge on any atom is -0.305 e. The van der Waals surface area contributed by atoms with Crippen LogP contribution in [0.2, 0.25) is 5.02 Å². The highest BCUT2D eigenvalue weighted by atomic mass is 35.5. The normalized spacial score (nSPS) is 12.4. The summed E-state index contributed by atoms with van der Waals surface area (Å²) in [5.41, 5.74) is 2.50. The van der Waals surface area contributed by atoms with Gasteiger partial charge in [-0.1, -0.05) is 30.7 Å². The lowest BCUT2D eigenvalue weighted by atomic mass is 10.0. The average molecular weight is 279 g/mol. The number of hydrogen-bond donors (Lipinski definition) is 1. The molecule has 0 bridgehead atoms. The average Bonchev–Trinajstić information content (AvgIpc) is 2.41. The summed E-state index contributed by atoms with van der Waals surface area (Å²) in [7, 11) is 0. The molecule has 2 nitrogen and oxygen atoms in total. The summed E-state index contributed by atoms with van der Waals surface area (Å²) in [4.78, 5) is 4.34. The SMILES string of the molecule is CCNC(c1ccc(F)c(C)c1)c1ccc(Cl)cn1. The fourth-order valence-corrected chi connectivity index (χ4v) is 2.11. The Morgan fingerprint density at radius 1 is 1.32 bits per heavy atom. The van der Waals surface area contributed by atoms with Crippen molar-refractivity contribution in [3.05, 3.63) is 64.2 Å². The molecule has 0 saturated heterocycles. The van der Waals surface area contributed by atoms with Crippen molar-refractivity contribution in [3.63, 3.8) is 0 Å². The molecule has 0 aliphatic carbocycles. The first-order valence-electron chi connectivity index (χ1n) is 6.22. The van der Waals surface area contributed by atoms with E-state index in [2.05, 4.69) is 10.3 Å². The second-order valence-corrected chi connectivity index (χ2v) is 4.84. The Hall–Kier alpha value is -1.45. The highest BCUT2D eigenvalue weighted by Crippen LogP contribution is 2.23. The van der Waals surface area contributed by atoms with Crippen molar-refractivity contribution in [1.29, 1.82) is 0 Å². The zero-order valence-electron chi connectivity index (χ0n) is 11.0. The summed E-state index contributed by atoms with van der Waals surface area (Å²) in [6.07, 6.45) is 1.62. The second kappa shape index (κ2) is 6.13. The molecule has 2 rings (SSSR count). The van der Waals surface area contributed by atoms with Crippen molar-refractivity contribution in [2.45, 2.75) is 19.9 Å². The monoisotopic (exact) mass is 278 g/mol. The fourth-order valence-electron chi connectivity index (χ4n) is 2.00. The van der Waals surface area contributed by atoms with Gasteiger partial charge in [0.1, 0.15) is 5.82 Å². The summed E-state index contributed by atoms with van der Waals surface area (Å²) in [5, 5.41) is 3.96. The molecule has 1 heterocycles. The van der Waals surface area contributed by atoms with E-state index in [0.29, 0.717) is 10.6 Å². The van der Waals surface area contributed by atoms with Crippen LogP contribution in [0, 0.1) is 12.7 Å². The van der Waals surface area contributed by atoms with Gasteiger partial charge in [-0.2, -0.15) is 0 Å². The van der Waals surface area contributed by atoms with Crippen molar-refractivity contribution >= 4 is 11.6 Å². The summed E-state index contributed by atoms with van der Waals surface area (Å²) < 4.78 is 13.3. The zero-order chi connectivity index (χ0) is 13.8. The third kappa shape index (κ3) is 3.31. The van der Waals surface area contributed by atoms with Crippen molar-refractivity contribution in [3.8, 4) is 0 Å². The van der Waals surface area contributed by atoms with Gasteiger partial charge in [-0.25, -0.2) is 4.39 Å². The summed E-state index contributed by atoms with van der Waals surface area (Å²) >= 11 is 5.85. The Morgan fingerprint density at radius 2 is 2.11 bits per heavy atom. The van der Waals surface area contributed by atoms with Crippen molar-refractivity contribution in [2.24, 2.45) is 0 Å². The molecule has 0 aliphatic heterocycles. The maximum Gasteiger partial charge on any atom is 0.126 e. The highest BCUT2D eigenvalue weighted by molar-refractivity contribution is 6.30. The predicted molar refractivity (Wildman–Crippen MR) is 75.9 cm³/mol. The Balaban J connectivity index is 2.38. The second-order valence-electron chi connectivity index (χ2n) is 4.40. The van der Waals surface area contributed by atoms with Crippen LogP contribution >= 0.6 is 11.6 Å². The van der Waals surface area contributed by atoms with Gasteiger partial charge < -0.3 is 5.32 Å². The predicted octanol–water partition coefficient (Wildman–Crippen LogP) is 3.88. The molecule has 1 unspecified atom stereocenters. The number of aromatic nitrogens is 1. The zero-order valence-corrected chi connectivity index (χ0v) is 11.7. The minimum atomic E-state index is -0.192. The number of pyridine rings is 1. The molecule has 0 aliphatic rings. The summed E-state index contributed by atoms with van der Waals surface area (Å²) in [6.45, 7) is 4.59. The van der Waals surface area contributed by atoms with Gasteiger partial charge in [-0.3, -0.25) is 4.98 Å². The van der Waals surface area contributed by atoms with E-state index in [9.17, 15) is 4.39 Å². The van der Waals surface area contributed by atoms with Crippen LogP contribution in [0.5, 0.6) is 0 Å². The largest absolute Gasteiger partial charge is 0.305 e. The maximum absolute atomic E-state index is 13.3. The first kappa shape index (κ1) is 14.0. The Morgan fingerprint density at radius 3 is 2.68 bits per heavy atom. The van der Waals surface area contributed by atoms with Crippen LogP contribution in [0.15, 0.2) is 36.5 Å². The molecule has 1 aromatic heterocycles. The molecule has 100 valence electrons. The molecule has 0 radical (unpaired) electrons. The number of nitrogens with one attached hydrogen (secondary N) is 1. The number of halogens is 2. The fraction of sp³-hybridized carbons (Fsp3) is 0.267. The summed E-state index contributed by atoms with van der Waals surface area (Å²) in [5.74, 6) is -0.192. The first-order valence-corrected chi connectivity index (χ1v) is 6.60. The molecule has 1 atom stereocenters. The van der Waals surface area contributed by atoms with E-state index < -0.39 is 0 Å². The molecule has 2 aromatic rings. The molecule has 19 heavy (non-hydrogen) atoms. The highest BCUT2D eigenvalue weighted by Gasteiger charge is 2.15. The van der Waals surface area contributed by atoms with Crippen LogP contribution in [0.4, 0.5) is 4.39 Å². The van der Waals surface area contributed by atoms with Gasteiger partial charge >= 0.3 is 0 Å². The lowest BCUT2D eigenvalue weighted by Gasteiger charge is -2.18. The van der Waals surface area contributed by atoms with E-state index in [1.807, 2.05) is 25.1 Å². The number of aryl methyl sites for hydroxylation is 1. The minimum absolute atomic E-state index is 0.0541. The van der Waals surface area contributed by atoms with Gasteiger partial charge in [-0.15, -0.1) is 0 Å². The Labute approximate surface area is 117 Å². The number of rotatable bonds is 4. The molecule has 0 spiro atoms. The van der Waals surface area contributed by atoms with Gasteiger partial charge in [0.2, 0.25) is 0 Å². The Bertz CT molecular complexity index is 555. The molecule has 0 saturated carbocycles. The smallest absolute Gasteiger partial charge is 0.126 e. The van der Waals surface area contributed by atoms with Gasteiger partial charge in [0.25, 0.3) is 0 Å². The lowest BCUT2D eigenvalue weighted by molar-refractivity contribution is 0.600. The van der Waals surface area contributed by atoms with Crippen LogP contribution < -0.4 is 5.32 Å². The first-order chi connectivity index (χ1) is 9.11.